The third kappa shape index (κ3) is 2.93. The molecular formula is C21H19F2N3O2S. The topological polar surface area (TPSA) is 67.9 Å². The minimum absolute atomic E-state index is 0.0150. The number of nitrogens with two attached hydrogens (primary N) is 1. The van der Waals surface area contributed by atoms with Crippen molar-refractivity contribution in [3.8, 4) is 5.75 Å². The second-order valence-electron chi connectivity index (χ2n) is 7.59. The van der Waals surface area contributed by atoms with E-state index in [1.807, 2.05) is 24.3 Å². The second-order valence-corrected chi connectivity index (χ2v) is 8.86. The molecule has 1 spiro atoms. The van der Waals surface area contributed by atoms with Crippen LogP contribution in [-0.4, -0.2) is 28.6 Å². The van der Waals surface area contributed by atoms with Crippen molar-refractivity contribution >= 4 is 22.7 Å². The molecule has 1 unspecified atom stereocenters. The highest BCUT2D eigenvalue weighted by Crippen LogP contribution is 2.55. The molecule has 0 radical (unpaired) electrons. The number of thioether (sulfide) groups is 1. The normalized spacial score (nSPS) is 27.8. The standard InChI is InChI=1S/C21H19F2N3O2S/c22-13-5-6-17(23)15(11-13)19-25-26(20(27)12-9-14(24)10-12)21(29-19)7-8-28-18-4-2-1-3-16(18)21/h1-6,11-12,14H,7-10,24H2/t12-,14-,21?. The van der Waals surface area contributed by atoms with Crippen LogP contribution in [0.4, 0.5) is 8.78 Å². The van der Waals surface area contributed by atoms with E-state index in [4.69, 9.17) is 10.5 Å². The van der Waals surface area contributed by atoms with Gasteiger partial charge in [-0.3, -0.25) is 4.79 Å². The molecule has 0 aromatic heterocycles. The molecule has 0 bridgehead atoms. The Morgan fingerprint density at radius 2 is 2.03 bits per heavy atom. The molecule has 2 heterocycles. The minimum Gasteiger partial charge on any atom is -0.493 e. The van der Waals surface area contributed by atoms with Crippen LogP contribution in [0, 0.1) is 17.6 Å². The average Bonchev–Trinajstić information content (AvgIpc) is 3.07. The highest BCUT2D eigenvalue weighted by molar-refractivity contribution is 8.15. The first-order valence-corrected chi connectivity index (χ1v) is 10.3. The van der Waals surface area contributed by atoms with Gasteiger partial charge in [0.25, 0.3) is 0 Å². The number of benzene rings is 2. The van der Waals surface area contributed by atoms with Crippen molar-refractivity contribution < 1.29 is 18.3 Å². The first-order chi connectivity index (χ1) is 14.0. The zero-order valence-electron chi connectivity index (χ0n) is 15.5. The van der Waals surface area contributed by atoms with Crippen molar-refractivity contribution in [3.05, 3.63) is 65.2 Å². The van der Waals surface area contributed by atoms with Crippen LogP contribution in [0.1, 0.15) is 30.4 Å². The first-order valence-electron chi connectivity index (χ1n) is 9.53. The predicted molar refractivity (Wildman–Crippen MR) is 106 cm³/mol. The van der Waals surface area contributed by atoms with Gasteiger partial charge in [0.05, 0.1) is 6.61 Å². The average molecular weight is 415 g/mol. The van der Waals surface area contributed by atoms with Crippen LogP contribution >= 0.6 is 11.8 Å². The Labute approximate surface area is 170 Å². The number of amides is 1. The summed E-state index contributed by atoms with van der Waals surface area (Å²) in [6.07, 6.45) is 1.70. The molecule has 0 saturated heterocycles. The zero-order chi connectivity index (χ0) is 20.2. The molecule has 2 aromatic rings. The van der Waals surface area contributed by atoms with Crippen LogP contribution in [-0.2, 0) is 9.67 Å². The number of hydrogen-bond acceptors (Lipinski definition) is 5. The van der Waals surface area contributed by atoms with Crippen molar-refractivity contribution in [2.24, 2.45) is 16.8 Å². The molecule has 1 aliphatic carbocycles. The molecule has 1 saturated carbocycles. The number of halogens is 2. The lowest BCUT2D eigenvalue weighted by Gasteiger charge is -2.42. The Morgan fingerprint density at radius 3 is 2.83 bits per heavy atom. The molecule has 2 aliphatic heterocycles. The minimum atomic E-state index is -0.848. The Balaban J connectivity index is 1.62. The number of hydrazone groups is 1. The van der Waals surface area contributed by atoms with Crippen LogP contribution in [0.3, 0.4) is 0 Å². The Hall–Kier alpha value is -2.45. The van der Waals surface area contributed by atoms with Gasteiger partial charge < -0.3 is 10.5 Å². The van der Waals surface area contributed by atoms with Crippen LogP contribution in [0.25, 0.3) is 0 Å². The van der Waals surface area contributed by atoms with E-state index in [1.54, 1.807) is 0 Å². The van der Waals surface area contributed by atoms with E-state index in [2.05, 4.69) is 5.10 Å². The molecule has 2 aromatic carbocycles. The van der Waals surface area contributed by atoms with Crippen molar-refractivity contribution in [2.75, 3.05) is 6.61 Å². The summed E-state index contributed by atoms with van der Waals surface area (Å²) in [5, 5.41) is 6.28. The lowest BCUT2D eigenvalue weighted by atomic mass is 9.79. The first kappa shape index (κ1) is 18.6. The summed E-state index contributed by atoms with van der Waals surface area (Å²) in [5.41, 5.74) is 6.75. The monoisotopic (exact) mass is 415 g/mol. The number of para-hydroxylation sites is 1. The SMILES string of the molecule is N[C@H]1C[C@H](C(=O)N2N=C(c3cc(F)ccc3F)SC23CCOc2ccccc23)C1. The number of carbonyl (C=O) groups is 1. The van der Waals surface area contributed by atoms with E-state index in [-0.39, 0.29) is 28.5 Å². The van der Waals surface area contributed by atoms with Gasteiger partial charge in [-0.05, 0) is 37.1 Å². The van der Waals surface area contributed by atoms with Crippen molar-refractivity contribution in [3.63, 3.8) is 0 Å². The Morgan fingerprint density at radius 1 is 1.24 bits per heavy atom. The quantitative estimate of drug-likeness (QED) is 0.814. The summed E-state index contributed by atoms with van der Waals surface area (Å²) in [4.78, 5) is 12.5. The third-order valence-electron chi connectivity index (χ3n) is 5.70. The number of nitrogens with zero attached hydrogens (tertiary/aromatic N) is 2. The van der Waals surface area contributed by atoms with Crippen LogP contribution < -0.4 is 10.5 Å². The largest absolute Gasteiger partial charge is 0.493 e. The van der Waals surface area contributed by atoms with Crippen molar-refractivity contribution in [1.82, 2.24) is 5.01 Å². The maximum absolute atomic E-state index is 14.5. The highest BCUT2D eigenvalue weighted by Gasteiger charge is 2.53. The second kappa shape index (κ2) is 6.81. The highest BCUT2D eigenvalue weighted by atomic mass is 32.2. The third-order valence-corrected chi connectivity index (χ3v) is 7.13. The van der Waals surface area contributed by atoms with Gasteiger partial charge in [0.1, 0.15) is 27.3 Å². The number of fused-ring (bicyclic) bond motifs is 2. The van der Waals surface area contributed by atoms with Gasteiger partial charge in [-0.15, -0.1) is 0 Å². The lowest BCUT2D eigenvalue weighted by molar-refractivity contribution is -0.143. The fourth-order valence-corrected chi connectivity index (χ4v) is 5.49. The molecule has 3 aliphatic rings. The fourth-order valence-electron chi connectivity index (χ4n) is 4.10. The van der Waals surface area contributed by atoms with Gasteiger partial charge in [0.15, 0.2) is 0 Å². The van der Waals surface area contributed by atoms with Gasteiger partial charge in [0.2, 0.25) is 5.91 Å². The molecule has 1 atom stereocenters. The van der Waals surface area contributed by atoms with Gasteiger partial charge in [-0.25, -0.2) is 13.8 Å². The number of ether oxygens (including phenoxy) is 1. The Kier molecular flexibility index (Phi) is 4.36. The summed E-state index contributed by atoms with van der Waals surface area (Å²) in [7, 11) is 0. The van der Waals surface area contributed by atoms with Gasteiger partial charge in [0, 0.05) is 29.5 Å². The summed E-state index contributed by atoms with van der Waals surface area (Å²) in [6.45, 7) is 0.395. The summed E-state index contributed by atoms with van der Waals surface area (Å²) in [6, 6.07) is 10.8. The van der Waals surface area contributed by atoms with Crippen LogP contribution in [0.15, 0.2) is 47.6 Å². The molecule has 5 nitrogen and oxygen atoms in total. The zero-order valence-corrected chi connectivity index (χ0v) is 16.3. The van der Waals surface area contributed by atoms with E-state index in [0.717, 1.165) is 23.8 Å². The number of hydrogen-bond donors (Lipinski definition) is 1. The van der Waals surface area contributed by atoms with E-state index < -0.39 is 16.5 Å². The van der Waals surface area contributed by atoms with E-state index in [1.165, 1.54) is 16.8 Å². The van der Waals surface area contributed by atoms with Gasteiger partial charge in [-0.1, -0.05) is 30.0 Å². The number of carbonyl (C=O) groups excluding carboxylic acids is 1. The fraction of sp³-hybridized carbons (Fsp3) is 0.333. The molecule has 5 rings (SSSR count). The summed E-state index contributed by atoms with van der Waals surface area (Å²) < 4.78 is 34.1. The van der Waals surface area contributed by atoms with Crippen molar-refractivity contribution in [1.29, 1.82) is 0 Å². The molecule has 1 fully saturated rings. The summed E-state index contributed by atoms with van der Waals surface area (Å²) >= 11 is 1.28. The smallest absolute Gasteiger partial charge is 0.247 e. The van der Waals surface area contributed by atoms with Gasteiger partial charge in [-0.2, -0.15) is 5.10 Å². The van der Waals surface area contributed by atoms with Gasteiger partial charge >= 0.3 is 0 Å². The van der Waals surface area contributed by atoms with Crippen LogP contribution in [0.5, 0.6) is 5.75 Å². The van der Waals surface area contributed by atoms with Crippen LogP contribution in [0.2, 0.25) is 0 Å². The molecule has 8 heteroatoms. The maximum Gasteiger partial charge on any atom is 0.247 e. The molecule has 2 N–H and O–H groups in total. The predicted octanol–water partition coefficient (Wildman–Crippen LogP) is 3.57. The summed E-state index contributed by atoms with van der Waals surface area (Å²) in [5.74, 6) is -0.805. The van der Waals surface area contributed by atoms with E-state index in [0.29, 0.717) is 31.6 Å². The number of rotatable bonds is 2. The Bertz CT molecular complexity index is 1020. The lowest BCUT2D eigenvalue weighted by Crippen LogP contribution is -2.51. The van der Waals surface area contributed by atoms with E-state index in [9.17, 15) is 13.6 Å². The maximum atomic E-state index is 14.5. The molecule has 150 valence electrons. The molecular weight excluding hydrogens is 396 g/mol. The van der Waals surface area contributed by atoms with E-state index >= 15 is 0 Å². The molecule has 29 heavy (non-hydrogen) atoms. The van der Waals surface area contributed by atoms with Crippen molar-refractivity contribution in [2.45, 2.75) is 30.2 Å². The molecule has 1 amide bonds.